The molecule has 0 spiro atoms. The highest BCUT2D eigenvalue weighted by atomic mass is 35.5. The second-order valence-electron chi connectivity index (χ2n) is 5.84. The molecule has 1 aliphatic rings. The van der Waals surface area contributed by atoms with Crippen molar-refractivity contribution in [2.75, 3.05) is 0 Å². The molecule has 1 aromatic rings. The van der Waals surface area contributed by atoms with Crippen LogP contribution in [0.5, 0.6) is 0 Å². The molecule has 0 aromatic heterocycles. The van der Waals surface area contributed by atoms with E-state index in [0.717, 1.165) is 0 Å². The molecule has 0 saturated heterocycles. The van der Waals surface area contributed by atoms with Gasteiger partial charge in [0.05, 0.1) is 12.5 Å². The van der Waals surface area contributed by atoms with Gasteiger partial charge >= 0.3 is 5.97 Å². The van der Waals surface area contributed by atoms with E-state index in [1.165, 1.54) is 0 Å². The zero-order valence-corrected chi connectivity index (χ0v) is 13.2. The maximum absolute atomic E-state index is 13.2. The molecule has 7 heteroatoms. The van der Waals surface area contributed by atoms with Crippen molar-refractivity contribution in [3.05, 3.63) is 34.9 Å². The number of carbonyl (C=O) groups is 2. The number of carboxylic acid groups (broad SMARTS) is 1. The van der Waals surface area contributed by atoms with Crippen molar-refractivity contribution in [2.45, 2.75) is 44.1 Å². The minimum atomic E-state index is -2.70. The van der Waals surface area contributed by atoms with E-state index in [9.17, 15) is 18.4 Å². The van der Waals surface area contributed by atoms with Crippen molar-refractivity contribution in [1.29, 1.82) is 0 Å². The molecule has 2 N–H and O–H groups in total. The number of aliphatic carboxylic acids is 1. The smallest absolute Gasteiger partial charge is 0.305 e. The highest BCUT2D eigenvalue weighted by Gasteiger charge is 2.37. The number of benzene rings is 1. The van der Waals surface area contributed by atoms with E-state index in [0.29, 0.717) is 10.6 Å². The van der Waals surface area contributed by atoms with Gasteiger partial charge in [0.2, 0.25) is 11.8 Å². The Morgan fingerprint density at radius 1 is 1.26 bits per heavy atom. The van der Waals surface area contributed by atoms with Gasteiger partial charge in [-0.1, -0.05) is 23.7 Å². The quantitative estimate of drug-likeness (QED) is 0.853. The molecule has 0 aliphatic heterocycles. The number of hydrogen-bond acceptors (Lipinski definition) is 2. The molecule has 0 bridgehead atoms. The lowest BCUT2D eigenvalue weighted by Crippen LogP contribution is -2.38. The molecule has 126 valence electrons. The first-order chi connectivity index (χ1) is 10.8. The summed E-state index contributed by atoms with van der Waals surface area (Å²) in [5.74, 6) is -4.63. The van der Waals surface area contributed by atoms with Gasteiger partial charge in [-0.3, -0.25) is 9.59 Å². The first kappa shape index (κ1) is 17.7. The van der Waals surface area contributed by atoms with Gasteiger partial charge in [-0.05, 0) is 30.5 Å². The summed E-state index contributed by atoms with van der Waals surface area (Å²) in [6.07, 6.45) is -0.681. The normalized spacial score (nSPS) is 19.1. The summed E-state index contributed by atoms with van der Waals surface area (Å²) in [4.78, 5) is 23.3. The summed E-state index contributed by atoms with van der Waals surface area (Å²) < 4.78 is 26.3. The molecule has 0 unspecified atom stereocenters. The van der Waals surface area contributed by atoms with Gasteiger partial charge in [0.1, 0.15) is 0 Å². The van der Waals surface area contributed by atoms with Crippen LogP contribution in [-0.4, -0.2) is 22.9 Å². The first-order valence-electron chi connectivity index (χ1n) is 7.42. The van der Waals surface area contributed by atoms with Crippen molar-refractivity contribution < 1.29 is 23.5 Å². The Labute approximate surface area is 137 Å². The minimum Gasteiger partial charge on any atom is -0.481 e. The number of carbonyl (C=O) groups excluding carboxylic acids is 1. The fourth-order valence-electron chi connectivity index (χ4n) is 2.71. The molecule has 1 aromatic carbocycles. The maximum atomic E-state index is 13.2. The summed E-state index contributed by atoms with van der Waals surface area (Å²) in [6.45, 7) is 0. The molecule has 2 rings (SSSR count). The lowest BCUT2D eigenvalue weighted by atomic mass is 9.86. The number of nitrogens with one attached hydrogen (secondary N) is 1. The standard InChI is InChI=1S/C16H18ClF2NO3/c17-12-3-1-10(2-4-12)13(9-14(21)22)20-15(23)11-5-7-16(18,19)8-6-11/h1-4,11,13H,5-9H2,(H,20,23)(H,21,22)/t13-/m0/s1. The SMILES string of the molecule is O=C(O)C[C@H](NC(=O)C1CCC(F)(F)CC1)c1ccc(Cl)cc1. The maximum Gasteiger partial charge on any atom is 0.305 e. The second-order valence-corrected chi connectivity index (χ2v) is 6.28. The van der Waals surface area contributed by atoms with Crippen LogP contribution in [0.3, 0.4) is 0 Å². The number of rotatable bonds is 5. The minimum absolute atomic E-state index is 0.110. The number of hydrogen-bond donors (Lipinski definition) is 2. The van der Waals surface area contributed by atoms with Gasteiger partial charge in [0.25, 0.3) is 0 Å². The molecule has 0 heterocycles. The summed E-state index contributed by atoms with van der Waals surface area (Å²) in [5, 5.41) is 12.2. The zero-order valence-electron chi connectivity index (χ0n) is 12.4. The Bertz CT molecular complexity index is 567. The summed E-state index contributed by atoms with van der Waals surface area (Å²) in [5.41, 5.74) is 0.617. The fraction of sp³-hybridized carbons (Fsp3) is 0.500. The van der Waals surface area contributed by atoms with E-state index in [1.54, 1.807) is 24.3 Å². The Kier molecular flexibility index (Phi) is 5.57. The molecule has 1 fully saturated rings. The highest BCUT2D eigenvalue weighted by Crippen LogP contribution is 2.36. The predicted molar refractivity (Wildman–Crippen MR) is 81.5 cm³/mol. The third kappa shape index (κ3) is 5.16. The van der Waals surface area contributed by atoms with E-state index in [-0.39, 0.29) is 38.0 Å². The van der Waals surface area contributed by atoms with Crippen molar-refractivity contribution in [3.8, 4) is 0 Å². The number of amides is 1. The molecule has 1 aliphatic carbocycles. The Morgan fingerprint density at radius 3 is 2.35 bits per heavy atom. The van der Waals surface area contributed by atoms with Crippen LogP contribution in [0.4, 0.5) is 8.78 Å². The molecule has 1 atom stereocenters. The van der Waals surface area contributed by atoms with Gasteiger partial charge in [0.15, 0.2) is 0 Å². The average molecular weight is 346 g/mol. The topological polar surface area (TPSA) is 66.4 Å². The van der Waals surface area contributed by atoms with Crippen LogP contribution in [0.1, 0.15) is 43.7 Å². The fourth-order valence-corrected chi connectivity index (χ4v) is 2.84. The molecule has 23 heavy (non-hydrogen) atoms. The third-order valence-corrected chi connectivity index (χ3v) is 4.31. The Morgan fingerprint density at radius 2 is 1.83 bits per heavy atom. The van der Waals surface area contributed by atoms with Gasteiger partial charge in [0, 0.05) is 23.8 Å². The molecule has 1 amide bonds. The first-order valence-corrected chi connectivity index (χ1v) is 7.80. The third-order valence-electron chi connectivity index (χ3n) is 4.06. The highest BCUT2D eigenvalue weighted by molar-refractivity contribution is 6.30. The molecule has 1 saturated carbocycles. The lowest BCUT2D eigenvalue weighted by Gasteiger charge is -2.29. The predicted octanol–water partition coefficient (Wildman–Crippen LogP) is 3.80. The van der Waals surface area contributed by atoms with Crippen LogP contribution < -0.4 is 5.32 Å². The van der Waals surface area contributed by atoms with Crippen LogP contribution in [0.15, 0.2) is 24.3 Å². The van der Waals surface area contributed by atoms with Crippen LogP contribution >= 0.6 is 11.6 Å². The summed E-state index contributed by atoms with van der Waals surface area (Å²) in [6, 6.07) is 5.80. The van der Waals surface area contributed by atoms with E-state index < -0.39 is 23.9 Å². The van der Waals surface area contributed by atoms with Crippen LogP contribution in [-0.2, 0) is 9.59 Å². The molecular weight excluding hydrogens is 328 g/mol. The van der Waals surface area contributed by atoms with Gasteiger partial charge in [-0.25, -0.2) is 8.78 Å². The number of carboxylic acids is 1. The van der Waals surface area contributed by atoms with Crippen molar-refractivity contribution in [2.24, 2.45) is 5.92 Å². The largest absolute Gasteiger partial charge is 0.481 e. The van der Waals surface area contributed by atoms with Crippen LogP contribution in [0, 0.1) is 5.92 Å². The van der Waals surface area contributed by atoms with E-state index in [2.05, 4.69) is 5.32 Å². The average Bonchev–Trinajstić information content (AvgIpc) is 2.46. The molecular formula is C16H18ClF2NO3. The van der Waals surface area contributed by atoms with E-state index in [1.807, 2.05) is 0 Å². The van der Waals surface area contributed by atoms with E-state index in [4.69, 9.17) is 16.7 Å². The van der Waals surface area contributed by atoms with Crippen LogP contribution in [0.25, 0.3) is 0 Å². The lowest BCUT2D eigenvalue weighted by molar-refractivity contribution is -0.138. The second kappa shape index (κ2) is 7.25. The van der Waals surface area contributed by atoms with Crippen molar-refractivity contribution in [1.82, 2.24) is 5.32 Å². The van der Waals surface area contributed by atoms with Crippen molar-refractivity contribution >= 4 is 23.5 Å². The zero-order chi connectivity index (χ0) is 17.0. The van der Waals surface area contributed by atoms with Gasteiger partial charge in [-0.2, -0.15) is 0 Å². The van der Waals surface area contributed by atoms with Crippen molar-refractivity contribution in [3.63, 3.8) is 0 Å². The Hall–Kier alpha value is -1.69. The number of halogens is 3. The monoisotopic (exact) mass is 345 g/mol. The van der Waals surface area contributed by atoms with E-state index >= 15 is 0 Å². The van der Waals surface area contributed by atoms with Crippen LogP contribution in [0.2, 0.25) is 5.02 Å². The molecule has 4 nitrogen and oxygen atoms in total. The summed E-state index contributed by atoms with van der Waals surface area (Å²) >= 11 is 5.80. The van der Waals surface area contributed by atoms with Gasteiger partial charge in [-0.15, -0.1) is 0 Å². The molecule has 0 radical (unpaired) electrons. The number of alkyl halides is 2. The summed E-state index contributed by atoms with van der Waals surface area (Å²) in [7, 11) is 0. The Balaban J connectivity index is 2.04. The van der Waals surface area contributed by atoms with Gasteiger partial charge < -0.3 is 10.4 Å².